The normalized spacial score (nSPS) is 12.4. The minimum atomic E-state index is 0.405. The van der Waals surface area contributed by atoms with Crippen LogP contribution in [0.1, 0.15) is 43.7 Å². The van der Waals surface area contributed by atoms with Gasteiger partial charge < -0.3 is 5.32 Å². The first kappa shape index (κ1) is 15.7. The summed E-state index contributed by atoms with van der Waals surface area (Å²) in [7, 11) is 2.01. The second-order valence-electron chi connectivity index (χ2n) is 4.44. The second-order valence-corrected chi connectivity index (χ2v) is 5.70. The maximum atomic E-state index is 6.01. The molecule has 0 heterocycles. The summed E-state index contributed by atoms with van der Waals surface area (Å²) >= 11 is 9.49. The number of hydrogen-bond donors (Lipinski definition) is 1. The highest BCUT2D eigenvalue weighted by Gasteiger charge is 2.10. The third-order valence-corrected chi connectivity index (χ3v) is 4.31. The summed E-state index contributed by atoms with van der Waals surface area (Å²) in [5.74, 6) is 0. The van der Waals surface area contributed by atoms with Crippen molar-refractivity contribution in [1.82, 2.24) is 5.32 Å². The van der Waals surface area contributed by atoms with Gasteiger partial charge >= 0.3 is 0 Å². The number of halogens is 2. The van der Waals surface area contributed by atoms with Crippen molar-refractivity contribution in [1.29, 1.82) is 0 Å². The van der Waals surface area contributed by atoms with E-state index in [2.05, 4.69) is 40.0 Å². The molecule has 0 bridgehead atoms. The zero-order valence-corrected chi connectivity index (χ0v) is 13.2. The molecule has 0 saturated carbocycles. The summed E-state index contributed by atoms with van der Waals surface area (Å²) in [5.41, 5.74) is 1.29. The third kappa shape index (κ3) is 5.13. The lowest BCUT2D eigenvalue weighted by atomic mass is 10.0. The molecule has 1 unspecified atom stereocenters. The number of allylic oxidation sites excluding steroid dienone is 1. The summed E-state index contributed by atoms with van der Waals surface area (Å²) in [6.07, 6.45) is 8.01. The van der Waals surface area contributed by atoms with E-state index >= 15 is 0 Å². The molecule has 0 fully saturated rings. The monoisotopic (exact) mass is 329 g/mol. The third-order valence-electron chi connectivity index (χ3n) is 3.10. The van der Waals surface area contributed by atoms with Gasteiger partial charge in [-0.2, -0.15) is 0 Å². The molecule has 1 nitrogen and oxygen atoms in total. The van der Waals surface area contributed by atoms with Crippen LogP contribution in [0.25, 0.3) is 0 Å². The van der Waals surface area contributed by atoms with Crippen LogP contribution in [0.5, 0.6) is 0 Å². The molecular formula is C15H21BrClN. The van der Waals surface area contributed by atoms with Crippen molar-refractivity contribution < 1.29 is 0 Å². The summed E-state index contributed by atoms with van der Waals surface area (Å²) < 4.78 is 0.966. The molecule has 0 saturated heterocycles. The summed E-state index contributed by atoms with van der Waals surface area (Å²) in [6.45, 7) is 3.75. The molecule has 0 aliphatic carbocycles. The van der Waals surface area contributed by atoms with Crippen LogP contribution >= 0.6 is 27.5 Å². The number of nitrogens with one attached hydrogen (secondary N) is 1. The van der Waals surface area contributed by atoms with E-state index in [1.807, 2.05) is 19.2 Å². The molecule has 18 heavy (non-hydrogen) atoms. The van der Waals surface area contributed by atoms with Gasteiger partial charge in [-0.1, -0.05) is 36.6 Å². The van der Waals surface area contributed by atoms with Gasteiger partial charge in [0.2, 0.25) is 0 Å². The van der Waals surface area contributed by atoms with Gasteiger partial charge in [0, 0.05) is 10.5 Å². The molecule has 1 atom stereocenters. The van der Waals surface area contributed by atoms with E-state index in [9.17, 15) is 0 Å². The van der Waals surface area contributed by atoms with Crippen LogP contribution in [0.15, 0.2) is 35.3 Å². The Kier molecular flexibility index (Phi) is 7.64. The minimum absolute atomic E-state index is 0.405. The van der Waals surface area contributed by atoms with Crippen LogP contribution in [0.3, 0.4) is 0 Å². The number of hydrogen-bond acceptors (Lipinski definition) is 1. The highest BCUT2D eigenvalue weighted by molar-refractivity contribution is 9.10. The fraction of sp³-hybridized carbons (Fsp3) is 0.467. The van der Waals surface area contributed by atoms with Crippen molar-refractivity contribution in [2.24, 2.45) is 0 Å². The number of benzene rings is 1. The average molecular weight is 331 g/mol. The fourth-order valence-corrected chi connectivity index (χ4v) is 2.53. The predicted molar refractivity (Wildman–Crippen MR) is 84.2 cm³/mol. The summed E-state index contributed by atoms with van der Waals surface area (Å²) in [4.78, 5) is 0. The molecule has 1 aromatic rings. The lowest BCUT2D eigenvalue weighted by molar-refractivity contribution is 0.508. The van der Waals surface area contributed by atoms with E-state index in [0.29, 0.717) is 6.04 Å². The van der Waals surface area contributed by atoms with Crippen LogP contribution in [0, 0.1) is 0 Å². The zero-order chi connectivity index (χ0) is 13.4. The van der Waals surface area contributed by atoms with Gasteiger partial charge in [-0.05, 0) is 59.9 Å². The van der Waals surface area contributed by atoms with Gasteiger partial charge in [0.05, 0.1) is 5.02 Å². The Morgan fingerprint density at radius 3 is 2.78 bits per heavy atom. The van der Waals surface area contributed by atoms with Crippen molar-refractivity contribution >= 4 is 27.5 Å². The summed E-state index contributed by atoms with van der Waals surface area (Å²) in [6, 6.07) is 6.55. The van der Waals surface area contributed by atoms with E-state index in [4.69, 9.17) is 11.6 Å². The smallest absolute Gasteiger partial charge is 0.0548 e. The first-order valence-electron chi connectivity index (χ1n) is 6.42. The van der Waals surface area contributed by atoms with Crippen molar-refractivity contribution in [3.8, 4) is 0 Å². The summed E-state index contributed by atoms with van der Waals surface area (Å²) in [5, 5.41) is 4.14. The highest BCUT2D eigenvalue weighted by Crippen LogP contribution is 2.28. The maximum Gasteiger partial charge on any atom is 0.0548 e. The SMILES string of the molecule is C=CCCCCCC(NC)c1ccc(Cl)c(Br)c1. The van der Waals surface area contributed by atoms with E-state index in [0.717, 1.165) is 22.3 Å². The first-order chi connectivity index (χ1) is 8.69. The van der Waals surface area contributed by atoms with Crippen LogP contribution in [0.4, 0.5) is 0 Å². The molecule has 0 radical (unpaired) electrons. The Morgan fingerprint density at radius 1 is 1.39 bits per heavy atom. The Morgan fingerprint density at radius 2 is 2.17 bits per heavy atom. The Hall–Kier alpha value is -0.310. The van der Waals surface area contributed by atoms with Gasteiger partial charge in [0.1, 0.15) is 0 Å². The predicted octanol–water partition coefficient (Wildman–Crippen LogP) is 5.50. The first-order valence-corrected chi connectivity index (χ1v) is 7.59. The average Bonchev–Trinajstić information content (AvgIpc) is 2.37. The van der Waals surface area contributed by atoms with Crippen molar-refractivity contribution in [2.75, 3.05) is 7.05 Å². The molecule has 0 aliphatic rings. The Balaban J connectivity index is 2.49. The van der Waals surface area contributed by atoms with E-state index < -0.39 is 0 Å². The molecule has 100 valence electrons. The van der Waals surface area contributed by atoms with Crippen LogP contribution in [0.2, 0.25) is 5.02 Å². The van der Waals surface area contributed by atoms with Crippen molar-refractivity contribution in [3.63, 3.8) is 0 Å². The lowest BCUT2D eigenvalue weighted by Gasteiger charge is -2.17. The van der Waals surface area contributed by atoms with Gasteiger partial charge in [-0.3, -0.25) is 0 Å². The Bertz CT molecular complexity index is 379. The zero-order valence-electron chi connectivity index (χ0n) is 10.9. The van der Waals surface area contributed by atoms with Crippen molar-refractivity contribution in [3.05, 3.63) is 45.9 Å². The van der Waals surface area contributed by atoms with E-state index in [1.54, 1.807) is 0 Å². The van der Waals surface area contributed by atoms with E-state index in [-0.39, 0.29) is 0 Å². The molecule has 0 aromatic heterocycles. The van der Waals surface area contributed by atoms with Crippen LogP contribution < -0.4 is 5.32 Å². The second kappa shape index (κ2) is 8.73. The highest BCUT2D eigenvalue weighted by atomic mass is 79.9. The fourth-order valence-electron chi connectivity index (χ4n) is 2.02. The van der Waals surface area contributed by atoms with Gasteiger partial charge in [0.25, 0.3) is 0 Å². The molecule has 3 heteroatoms. The largest absolute Gasteiger partial charge is 0.313 e. The van der Waals surface area contributed by atoms with Crippen LogP contribution in [-0.4, -0.2) is 7.05 Å². The van der Waals surface area contributed by atoms with Gasteiger partial charge in [-0.15, -0.1) is 6.58 Å². The molecule has 1 rings (SSSR count). The standard InChI is InChI=1S/C15H21BrClN/c1-3-4-5-6-7-8-15(18-2)12-9-10-14(17)13(16)11-12/h3,9-11,15,18H,1,4-8H2,2H3. The quantitative estimate of drug-likeness (QED) is 0.490. The topological polar surface area (TPSA) is 12.0 Å². The van der Waals surface area contributed by atoms with Crippen LogP contribution in [-0.2, 0) is 0 Å². The van der Waals surface area contributed by atoms with Gasteiger partial charge in [0.15, 0.2) is 0 Å². The maximum absolute atomic E-state index is 6.01. The molecule has 1 N–H and O–H groups in total. The molecule has 0 aliphatic heterocycles. The number of unbranched alkanes of at least 4 members (excludes halogenated alkanes) is 3. The lowest BCUT2D eigenvalue weighted by Crippen LogP contribution is -2.16. The Labute approximate surface area is 124 Å². The van der Waals surface area contributed by atoms with E-state index in [1.165, 1.54) is 24.8 Å². The minimum Gasteiger partial charge on any atom is -0.313 e. The molecular weight excluding hydrogens is 310 g/mol. The van der Waals surface area contributed by atoms with Crippen molar-refractivity contribution in [2.45, 2.75) is 38.1 Å². The molecule has 1 aromatic carbocycles. The molecule has 0 amide bonds. The number of rotatable bonds is 8. The molecule has 0 spiro atoms. The van der Waals surface area contributed by atoms with Gasteiger partial charge in [-0.25, -0.2) is 0 Å².